The van der Waals surface area contributed by atoms with E-state index in [2.05, 4.69) is 10.3 Å². The molecule has 0 atom stereocenters. The van der Waals surface area contributed by atoms with Crippen molar-refractivity contribution in [3.63, 3.8) is 0 Å². The Kier molecular flexibility index (Phi) is 4.11. The van der Waals surface area contributed by atoms with Gasteiger partial charge < -0.3 is 9.72 Å². The number of carbonyl (C=O) groups excluding carboxylic acids is 1. The van der Waals surface area contributed by atoms with Gasteiger partial charge in [0.2, 0.25) is 0 Å². The van der Waals surface area contributed by atoms with Crippen molar-refractivity contribution in [2.75, 3.05) is 6.54 Å². The Morgan fingerprint density at radius 3 is 2.95 bits per heavy atom. The number of imidazole rings is 1. The topological polar surface area (TPSA) is 46.4 Å². The lowest BCUT2D eigenvalue weighted by Gasteiger charge is -2.04. The van der Waals surface area contributed by atoms with E-state index in [1.165, 1.54) is 0 Å². The fraction of sp³-hybridized carbons (Fsp3) is 0.176. The van der Waals surface area contributed by atoms with E-state index in [-0.39, 0.29) is 5.91 Å². The monoisotopic (exact) mass is 313 g/mol. The van der Waals surface area contributed by atoms with E-state index >= 15 is 0 Å². The molecule has 1 amide bonds. The molecule has 0 radical (unpaired) electrons. The second-order valence-electron chi connectivity index (χ2n) is 5.10. The summed E-state index contributed by atoms with van der Waals surface area (Å²) in [5.41, 5.74) is 2.38. The first-order chi connectivity index (χ1) is 10.6. The van der Waals surface area contributed by atoms with Crippen LogP contribution < -0.4 is 5.32 Å². The van der Waals surface area contributed by atoms with Crippen LogP contribution in [0.2, 0.25) is 5.02 Å². The van der Waals surface area contributed by atoms with Gasteiger partial charge in [-0.05, 0) is 43.2 Å². The zero-order valence-corrected chi connectivity index (χ0v) is 13.0. The van der Waals surface area contributed by atoms with Crippen molar-refractivity contribution in [1.82, 2.24) is 14.7 Å². The average Bonchev–Trinajstić information content (AvgIpc) is 2.85. The Bertz CT molecular complexity index is 826. The van der Waals surface area contributed by atoms with Gasteiger partial charge in [-0.25, -0.2) is 4.98 Å². The maximum atomic E-state index is 12.3. The summed E-state index contributed by atoms with van der Waals surface area (Å²) >= 11 is 5.95. The Hall–Kier alpha value is -2.33. The van der Waals surface area contributed by atoms with Crippen molar-refractivity contribution in [1.29, 1.82) is 0 Å². The molecule has 1 N–H and O–H groups in total. The summed E-state index contributed by atoms with van der Waals surface area (Å²) in [6.45, 7) is 2.43. The minimum Gasteiger partial charge on any atom is -0.350 e. The molecular weight excluding hydrogens is 298 g/mol. The predicted octanol–water partition coefficient (Wildman–Crippen LogP) is 3.27. The first-order valence-corrected chi connectivity index (χ1v) is 7.49. The number of halogens is 1. The fourth-order valence-electron chi connectivity index (χ4n) is 2.45. The van der Waals surface area contributed by atoms with Crippen molar-refractivity contribution in [2.45, 2.75) is 13.3 Å². The highest BCUT2D eigenvalue weighted by Crippen LogP contribution is 2.13. The van der Waals surface area contributed by atoms with E-state index in [4.69, 9.17) is 11.6 Å². The number of pyridine rings is 1. The van der Waals surface area contributed by atoms with Crippen molar-refractivity contribution < 1.29 is 4.79 Å². The van der Waals surface area contributed by atoms with E-state index in [9.17, 15) is 4.79 Å². The number of benzene rings is 1. The van der Waals surface area contributed by atoms with Crippen LogP contribution >= 0.6 is 11.6 Å². The van der Waals surface area contributed by atoms with Crippen LogP contribution in [-0.2, 0) is 6.42 Å². The van der Waals surface area contributed by atoms with Crippen LogP contribution in [-0.4, -0.2) is 21.8 Å². The molecular formula is C17H16ClN3O. The zero-order valence-electron chi connectivity index (χ0n) is 12.2. The molecule has 112 valence electrons. The predicted molar refractivity (Wildman–Crippen MR) is 87.4 cm³/mol. The third-order valence-electron chi connectivity index (χ3n) is 3.53. The van der Waals surface area contributed by atoms with Crippen LogP contribution in [0.4, 0.5) is 0 Å². The van der Waals surface area contributed by atoms with Gasteiger partial charge in [0.15, 0.2) is 5.69 Å². The Balaban J connectivity index is 1.69. The van der Waals surface area contributed by atoms with Crippen molar-refractivity contribution >= 4 is 23.0 Å². The molecule has 3 rings (SSSR count). The molecule has 2 heterocycles. The van der Waals surface area contributed by atoms with Crippen LogP contribution in [0.5, 0.6) is 0 Å². The third-order valence-corrected chi connectivity index (χ3v) is 3.76. The fourth-order valence-corrected chi connectivity index (χ4v) is 2.67. The molecule has 0 aliphatic heterocycles. The smallest absolute Gasteiger partial charge is 0.272 e. The second kappa shape index (κ2) is 6.20. The van der Waals surface area contributed by atoms with Gasteiger partial charge in [-0.1, -0.05) is 29.8 Å². The molecule has 5 heteroatoms. The number of aryl methyl sites for hydroxylation is 1. The highest BCUT2D eigenvalue weighted by Gasteiger charge is 2.14. The largest absolute Gasteiger partial charge is 0.350 e. The minimum atomic E-state index is -0.154. The van der Waals surface area contributed by atoms with Gasteiger partial charge in [-0.3, -0.25) is 4.79 Å². The van der Waals surface area contributed by atoms with Gasteiger partial charge in [0, 0.05) is 17.8 Å². The molecule has 0 bridgehead atoms. The summed E-state index contributed by atoms with van der Waals surface area (Å²) in [4.78, 5) is 16.7. The molecule has 0 unspecified atom stereocenters. The van der Waals surface area contributed by atoms with Gasteiger partial charge in [-0.15, -0.1) is 0 Å². The molecule has 3 aromatic rings. The number of carbonyl (C=O) groups is 1. The van der Waals surface area contributed by atoms with Crippen LogP contribution in [0.3, 0.4) is 0 Å². The highest BCUT2D eigenvalue weighted by molar-refractivity contribution is 6.30. The average molecular weight is 314 g/mol. The lowest BCUT2D eigenvalue weighted by molar-refractivity contribution is 0.0951. The summed E-state index contributed by atoms with van der Waals surface area (Å²) < 4.78 is 1.91. The Morgan fingerprint density at radius 2 is 2.14 bits per heavy atom. The highest BCUT2D eigenvalue weighted by atomic mass is 35.5. The first-order valence-electron chi connectivity index (χ1n) is 7.11. The number of rotatable bonds is 4. The number of nitrogens with one attached hydrogen (secondary N) is 1. The summed E-state index contributed by atoms with van der Waals surface area (Å²) in [5.74, 6) is 0.648. The van der Waals surface area contributed by atoms with E-state index in [0.29, 0.717) is 17.3 Å². The van der Waals surface area contributed by atoms with E-state index in [0.717, 1.165) is 23.3 Å². The number of fused-ring (bicyclic) bond motifs is 1. The van der Waals surface area contributed by atoms with Gasteiger partial charge >= 0.3 is 0 Å². The summed E-state index contributed by atoms with van der Waals surface area (Å²) in [5, 5.41) is 3.62. The maximum absolute atomic E-state index is 12.3. The van der Waals surface area contributed by atoms with Crippen molar-refractivity contribution in [2.24, 2.45) is 0 Å². The molecule has 22 heavy (non-hydrogen) atoms. The molecule has 0 aliphatic rings. The number of hydrogen-bond acceptors (Lipinski definition) is 2. The Labute approximate surface area is 133 Å². The molecule has 0 aliphatic carbocycles. The Morgan fingerprint density at radius 1 is 1.27 bits per heavy atom. The van der Waals surface area contributed by atoms with E-state index in [1.54, 1.807) is 0 Å². The standard InChI is InChI=1S/C17H16ClN3O/c1-12-20-16(15-7-2-3-10-21(12)15)17(22)19-9-8-13-5-4-6-14(18)11-13/h2-7,10-11H,8-9H2,1H3,(H,19,22). The van der Waals surface area contributed by atoms with Crippen molar-refractivity contribution in [3.8, 4) is 0 Å². The molecule has 1 aromatic carbocycles. The number of amides is 1. The lowest BCUT2D eigenvalue weighted by atomic mass is 10.1. The molecule has 0 saturated heterocycles. The molecule has 4 nitrogen and oxygen atoms in total. The first kappa shape index (κ1) is 14.6. The zero-order chi connectivity index (χ0) is 15.5. The van der Waals surface area contributed by atoms with Gasteiger partial charge in [0.05, 0.1) is 5.52 Å². The number of nitrogens with zero attached hydrogens (tertiary/aromatic N) is 2. The third kappa shape index (κ3) is 2.97. The number of hydrogen-bond donors (Lipinski definition) is 1. The van der Waals surface area contributed by atoms with Gasteiger partial charge in [0.25, 0.3) is 5.91 Å². The molecule has 0 spiro atoms. The van der Waals surface area contributed by atoms with Crippen molar-refractivity contribution in [3.05, 3.63) is 70.8 Å². The van der Waals surface area contributed by atoms with Crippen LogP contribution in [0, 0.1) is 6.92 Å². The van der Waals surface area contributed by atoms with Crippen LogP contribution in [0.1, 0.15) is 21.9 Å². The molecule has 0 saturated carbocycles. The summed E-state index contributed by atoms with van der Waals surface area (Å²) in [6.07, 6.45) is 2.64. The van der Waals surface area contributed by atoms with Crippen LogP contribution in [0.15, 0.2) is 48.7 Å². The quantitative estimate of drug-likeness (QED) is 0.803. The normalized spacial score (nSPS) is 10.8. The van der Waals surface area contributed by atoms with E-state index in [1.807, 2.05) is 60.0 Å². The SMILES string of the molecule is Cc1nc(C(=O)NCCc2cccc(Cl)c2)c2ccccn12. The maximum Gasteiger partial charge on any atom is 0.272 e. The molecule has 2 aromatic heterocycles. The minimum absolute atomic E-state index is 0.154. The summed E-state index contributed by atoms with van der Waals surface area (Å²) in [6, 6.07) is 13.4. The van der Waals surface area contributed by atoms with Gasteiger partial charge in [-0.2, -0.15) is 0 Å². The van der Waals surface area contributed by atoms with E-state index < -0.39 is 0 Å². The lowest BCUT2D eigenvalue weighted by Crippen LogP contribution is -2.26. The van der Waals surface area contributed by atoms with Crippen LogP contribution in [0.25, 0.3) is 5.52 Å². The number of aromatic nitrogens is 2. The summed E-state index contributed by atoms with van der Waals surface area (Å²) in [7, 11) is 0. The molecule has 0 fully saturated rings. The van der Waals surface area contributed by atoms with Gasteiger partial charge in [0.1, 0.15) is 5.82 Å². The second-order valence-corrected chi connectivity index (χ2v) is 5.54.